The average molecular weight is 265 g/mol. The molecule has 17 heavy (non-hydrogen) atoms. The zero-order valence-corrected chi connectivity index (χ0v) is 8.96. The van der Waals surface area contributed by atoms with Gasteiger partial charge in [-0.3, -0.25) is 0 Å². The molecule has 0 radical (unpaired) electrons. The number of alkyl halides is 3. The fraction of sp³-hybridized carbons (Fsp3) is 0.250. The summed E-state index contributed by atoms with van der Waals surface area (Å²) in [6, 6.07) is 3.96. The molecule has 0 unspecified atom stereocenters. The molecule has 0 aliphatic carbocycles. The standard InChI is InChI=1S/C8H6F3N3O2S/c9-8(10,11)7(13-14-7)5-1-3-6(4-2-5)17(12,15)16/h1-4H,(H2,12,15,16). The molecule has 1 aromatic rings. The molecule has 92 valence electrons. The number of hydrogen-bond acceptors (Lipinski definition) is 4. The van der Waals surface area contributed by atoms with E-state index < -0.39 is 21.9 Å². The lowest BCUT2D eigenvalue weighted by molar-refractivity contribution is -0.166. The van der Waals surface area contributed by atoms with Crippen molar-refractivity contribution in [2.45, 2.75) is 16.7 Å². The number of halogens is 3. The lowest BCUT2D eigenvalue weighted by Crippen LogP contribution is -2.30. The summed E-state index contributed by atoms with van der Waals surface area (Å²) in [7, 11) is -3.92. The normalized spacial score (nSPS) is 18.1. The van der Waals surface area contributed by atoms with E-state index in [-0.39, 0.29) is 10.5 Å². The fourth-order valence-corrected chi connectivity index (χ4v) is 1.83. The van der Waals surface area contributed by atoms with Gasteiger partial charge in [-0.05, 0) is 12.1 Å². The Kier molecular flexibility index (Phi) is 2.30. The maximum absolute atomic E-state index is 12.6. The predicted molar refractivity (Wildman–Crippen MR) is 50.4 cm³/mol. The van der Waals surface area contributed by atoms with Gasteiger partial charge in [-0.1, -0.05) is 12.1 Å². The van der Waals surface area contributed by atoms with Crippen molar-refractivity contribution in [3.8, 4) is 0 Å². The molecule has 0 spiro atoms. The van der Waals surface area contributed by atoms with Crippen molar-refractivity contribution >= 4 is 10.0 Å². The van der Waals surface area contributed by atoms with Crippen LogP contribution in [0.3, 0.4) is 0 Å². The van der Waals surface area contributed by atoms with Crippen molar-refractivity contribution in [2.75, 3.05) is 0 Å². The maximum Gasteiger partial charge on any atom is 0.442 e. The molecule has 1 aliphatic heterocycles. The zero-order chi connectivity index (χ0) is 12.9. The van der Waals surface area contributed by atoms with E-state index in [1.807, 2.05) is 0 Å². The first kappa shape index (κ1) is 12.0. The largest absolute Gasteiger partial charge is 0.442 e. The van der Waals surface area contributed by atoms with E-state index >= 15 is 0 Å². The summed E-state index contributed by atoms with van der Waals surface area (Å²) in [5.41, 5.74) is -2.78. The molecule has 0 saturated heterocycles. The minimum absolute atomic E-state index is 0.239. The summed E-state index contributed by atoms with van der Waals surface area (Å²) >= 11 is 0. The Morgan fingerprint density at radius 1 is 1.12 bits per heavy atom. The summed E-state index contributed by atoms with van der Waals surface area (Å²) in [4.78, 5) is -0.265. The van der Waals surface area contributed by atoms with E-state index in [2.05, 4.69) is 10.2 Å². The average Bonchev–Trinajstić information content (AvgIpc) is 2.96. The zero-order valence-electron chi connectivity index (χ0n) is 8.14. The summed E-state index contributed by atoms with van der Waals surface area (Å²) < 4.78 is 59.6. The minimum atomic E-state index is -4.63. The third kappa shape index (κ3) is 1.91. The summed E-state index contributed by atoms with van der Waals surface area (Å²) in [6.07, 6.45) is -4.63. The number of sulfonamides is 1. The molecule has 0 amide bonds. The number of hydrogen-bond donors (Lipinski definition) is 1. The van der Waals surface area contributed by atoms with Crippen LogP contribution in [-0.4, -0.2) is 14.6 Å². The van der Waals surface area contributed by atoms with Crippen molar-refractivity contribution in [3.05, 3.63) is 29.8 Å². The van der Waals surface area contributed by atoms with Crippen molar-refractivity contribution < 1.29 is 21.6 Å². The van der Waals surface area contributed by atoms with Crippen LogP contribution >= 0.6 is 0 Å². The molecule has 1 aromatic carbocycles. The molecule has 1 aliphatic rings. The maximum atomic E-state index is 12.6. The number of nitrogens with two attached hydrogens (primary N) is 1. The van der Waals surface area contributed by atoms with Crippen molar-refractivity contribution in [3.63, 3.8) is 0 Å². The third-order valence-corrected chi connectivity index (χ3v) is 3.21. The Balaban J connectivity index is 2.38. The Morgan fingerprint density at radius 2 is 1.59 bits per heavy atom. The molecule has 0 bridgehead atoms. The van der Waals surface area contributed by atoms with Crippen molar-refractivity contribution in [2.24, 2.45) is 15.4 Å². The van der Waals surface area contributed by atoms with Crippen LogP contribution in [-0.2, 0) is 15.7 Å². The Hall–Kier alpha value is -1.48. The second-order valence-electron chi connectivity index (χ2n) is 3.44. The van der Waals surface area contributed by atoms with Gasteiger partial charge in [0.2, 0.25) is 10.0 Å². The molecule has 0 fully saturated rings. The van der Waals surface area contributed by atoms with Gasteiger partial charge in [-0.2, -0.15) is 13.2 Å². The minimum Gasteiger partial charge on any atom is -0.225 e. The molecule has 2 rings (SSSR count). The van der Waals surface area contributed by atoms with Crippen LogP contribution in [0, 0.1) is 0 Å². The van der Waals surface area contributed by atoms with Gasteiger partial charge in [0.15, 0.2) is 0 Å². The monoisotopic (exact) mass is 265 g/mol. The SMILES string of the molecule is NS(=O)(=O)c1ccc(C2(C(F)(F)F)N=N2)cc1. The Labute approximate surface area is 94.2 Å². The molecule has 2 N–H and O–H groups in total. The third-order valence-electron chi connectivity index (χ3n) is 2.28. The number of rotatable bonds is 2. The lowest BCUT2D eigenvalue weighted by Gasteiger charge is -2.14. The molecule has 5 nitrogen and oxygen atoms in total. The van der Waals surface area contributed by atoms with Gasteiger partial charge in [0.25, 0.3) is 0 Å². The van der Waals surface area contributed by atoms with E-state index in [9.17, 15) is 21.6 Å². The van der Waals surface area contributed by atoms with Crippen LogP contribution in [0.5, 0.6) is 0 Å². The number of benzene rings is 1. The van der Waals surface area contributed by atoms with Gasteiger partial charge >= 0.3 is 11.8 Å². The second kappa shape index (κ2) is 3.26. The van der Waals surface area contributed by atoms with Crippen molar-refractivity contribution in [1.82, 2.24) is 0 Å². The molecule has 1 heterocycles. The first-order chi connectivity index (χ1) is 7.67. The number of nitrogens with zero attached hydrogens (tertiary/aromatic N) is 2. The van der Waals surface area contributed by atoms with Gasteiger partial charge in [-0.25, -0.2) is 13.6 Å². The highest BCUT2D eigenvalue weighted by Crippen LogP contribution is 2.52. The van der Waals surface area contributed by atoms with Gasteiger partial charge in [0.05, 0.1) is 4.90 Å². The molecule has 0 atom stereocenters. The van der Waals surface area contributed by atoms with Gasteiger partial charge in [0.1, 0.15) is 0 Å². The van der Waals surface area contributed by atoms with E-state index in [1.54, 1.807) is 0 Å². The molecule has 9 heteroatoms. The second-order valence-corrected chi connectivity index (χ2v) is 5.00. The van der Waals surface area contributed by atoms with E-state index in [1.165, 1.54) is 0 Å². The quantitative estimate of drug-likeness (QED) is 0.878. The first-order valence-corrected chi connectivity index (χ1v) is 5.86. The highest BCUT2D eigenvalue weighted by Gasteiger charge is 2.65. The fourth-order valence-electron chi connectivity index (χ4n) is 1.32. The Morgan fingerprint density at radius 3 is 1.88 bits per heavy atom. The number of primary sulfonamides is 1. The first-order valence-electron chi connectivity index (χ1n) is 4.31. The van der Waals surface area contributed by atoms with Gasteiger partial charge in [-0.15, -0.1) is 10.2 Å². The smallest absolute Gasteiger partial charge is 0.225 e. The van der Waals surface area contributed by atoms with E-state index in [0.29, 0.717) is 0 Å². The van der Waals surface area contributed by atoms with Crippen LogP contribution in [0.25, 0.3) is 0 Å². The molecule has 0 saturated carbocycles. The molecular formula is C8H6F3N3O2S. The summed E-state index contributed by atoms with van der Waals surface area (Å²) in [5, 5.41) is 10.8. The van der Waals surface area contributed by atoms with Crippen LogP contribution in [0.15, 0.2) is 39.4 Å². The predicted octanol–water partition coefficient (Wildman–Crippen LogP) is 1.51. The van der Waals surface area contributed by atoms with Gasteiger partial charge in [0, 0.05) is 5.56 Å². The van der Waals surface area contributed by atoms with E-state index in [0.717, 1.165) is 24.3 Å². The molecule has 0 aromatic heterocycles. The summed E-state index contributed by atoms with van der Waals surface area (Å²) in [5.74, 6) is 0. The van der Waals surface area contributed by atoms with Crippen LogP contribution in [0.1, 0.15) is 5.56 Å². The van der Waals surface area contributed by atoms with Crippen LogP contribution in [0.4, 0.5) is 13.2 Å². The summed E-state index contributed by atoms with van der Waals surface area (Å²) in [6.45, 7) is 0. The topological polar surface area (TPSA) is 84.9 Å². The highest BCUT2D eigenvalue weighted by molar-refractivity contribution is 7.89. The van der Waals surface area contributed by atoms with Crippen LogP contribution in [0.2, 0.25) is 0 Å². The van der Waals surface area contributed by atoms with Gasteiger partial charge < -0.3 is 0 Å². The Bertz CT molecular complexity index is 571. The lowest BCUT2D eigenvalue weighted by atomic mass is 10.0. The highest BCUT2D eigenvalue weighted by atomic mass is 32.2. The van der Waals surface area contributed by atoms with E-state index in [4.69, 9.17) is 5.14 Å². The molecular weight excluding hydrogens is 259 g/mol. The van der Waals surface area contributed by atoms with Crippen molar-refractivity contribution in [1.29, 1.82) is 0 Å². The van der Waals surface area contributed by atoms with Crippen LogP contribution < -0.4 is 5.14 Å².